The molecule has 0 aliphatic carbocycles. The number of halogens is 1. The number of aromatic hydroxyl groups is 1. The van der Waals surface area contributed by atoms with Crippen LogP contribution in [0.2, 0.25) is 0 Å². The van der Waals surface area contributed by atoms with E-state index in [4.69, 9.17) is 35.0 Å². The summed E-state index contributed by atoms with van der Waals surface area (Å²) in [5.74, 6) is 3.01. The molecule has 0 bridgehead atoms. The minimum atomic E-state index is -0.356. The van der Waals surface area contributed by atoms with Crippen LogP contribution in [-0.4, -0.2) is 105 Å². The van der Waals surface area contributed by atoms with Gasteiger partial charge in [0.25, 0.3) is 0 Å². The van der Waals surface area contributed by atoms with E-state index in [-0.39, 0.29) is 42.4 Å². The van der Waals surface area contributed by atoms with Crippen LogP contribution in [0, 0.1) is 11.8 Å². The molecule has 4 rings (SSSR count). The molecule has 0 aromatic heterocycles. The van der Waals surface area contributed by atoms with Gasteiger partial charge in [0.15, 0.2) is 0 Å². The highest BCUT2D eigenvalue weighted by atomic mass is 35.5. The number of rotatable bonds is 10. The van der Waals surface area contributed by atoms with Gasteiger partial charge in [-0.25, -0.2) is 0 Å². The van der Waals surface area contributed by atoms with Crippen LogP contribution in [0.15, 0.2) is 48.5 Å². The number of hydrogen-bond donors (Lipinski definition) is 1. The Hall–Kier alpha value is -1.78. The molecule has 47 heavy (non-hydrogen) atoms. The Labute approximate surface area is 291 Å². The summed E-state index contributed by atoms with van der Waals surface area (Å²) in [5.41, 5.74) is 0.683. The average molecular weight is 675 g/mol. The topological polar surface area (TPSA) is 72.9 Å². The van der Waals surface area contributed by atoms with E-state index >= 15 is 0 Å². The highest BCUT2D eigenvalue weighted by Crippen LogP contribution is 2.37. The van der Waals surface area contributed by atoms with Crippen molar-refractivity contribution in [2.45, 2.75) is 91.6 Å². The number of ether oxygens (including phenoxy) is 1. The molecule has 0 radical (unpaired) electrons. The first kappa shape index (κ1) is 41.4. The quantitative estimate of drug-likeness (QED) is 0.255. The maximum Gasteiger partial charge on any atom is 0.494 e. The third-order valence-electron chi connectivity index (χ3n) is 8.98. The van der Waals surface area contributed by atoms with Crippen molar-refractivity contribution in [3.63, 3.8) is 0 Å². The number of hydrogen-bond acceptors (Lipinski definition) is 8. The van der Waals surface area contributed by atoms with Gasteiger partial charge in [0, 0.05) is 24.9 Å². The molecule has 264 valence electrons. The van der Waals surface area contributed by atoms with Crippen molar-refractivity contribution in [3.8, 4) is 11.5 Å². The van der Waals surface area contributed by atoms with Gasteiger partial charge in [-0.05, 0) is 125 Å². The van der Waals surface area contributed by atoms with Gasteiger partial charge in [0.05, 0.1) is 29.0 Å². The van der Waals surface area contributed by atoms with Crippen molar-refractivity contribution in [3.05, 3.63) is 48.5 Å². The molecule has 2 atom stereocenters. The van der Waals surface area contributed by atoms with Crippen molar-refractivity contribution >= 4 is 36.8 Å². The van der Waals surface area contributed by atoms with Crippen LogP contribution in [0.1, 0.15) is 69.2 Å². The lowest BCUT2D eigenvalue weighted by Crippen LogP contribution is -2.41. The van der Waals surface area contributed by atoms with E-state index in [0.29, 0.717) is 18.4 Å². The molecule has 1 N–H and O–H groups in total. The van der Waals surface area contributed by atoms with Gasteiger partial charge in [0.2, 0.25) is 0 Å². The smallest absolute Gasteiger partial charge is 0.494 e. The van der Waals surface area contributed by atoms with E-state index in [0.717, 1.165) is 35.6 Å². The van der Waals surface area contributed by atoms with E-state index in [1.807, 2.05) is 64.1 Å². The van der Waals surface area contributed by atoms with Gasteiger partial charge in [-0.1, -0.05) is 38.1 Å². The first-order valence-electron chi connectivity index (χ1n) is 16.7. The van der Waals surface area contributed by atoms with E-state index in [2.05, 4.69) is 79.5 Å². The standard InChI is InChI=1S/C18H30BNO3.C12H17BO3.C6H14ClN/c1-14(12-20(6)7)13-21-16-10-8-15(9-11-16)19-22-17(2,3)18(4,5)23-19;1-11(2)12(3,4)16-13(15-11)9-5-7-10(14)8-6-9;1-6(4-7)5-8(2)3/h8-11,14H,12-13H2,1-7H3;5-8,14H,1-4H3;6H,4-5H2,1-3H3. The van der Waals surface area contributed by atoms with Crippen molar-refractivity contribution in [1.82, 2.24) is 9.80 Å². The second-order valence-electron chi connectivity index (χ2n) is 15.5. The molecule has 8 nitrogen and oxygen atoms in total. The molecule has 2 aromatic carbocycles. The van der Waals surface area contributed by atoms with Gasteiger partial charge >= 0.3 is 14.2 Å². The molecular weight excluding hydrogens is 613 g/mol. The Balaban J connectivity index is 0.000000276. The first-order chi connectivity index (χ1) is 21.6. The summed E-state index contributed by atoms with van der Waals surface area (Å²) in [5, 5.41) is 9.22. The fraction of sp³-hybridized carbons (Fsp3) is 0.667. The molecule has 2 fully saturated rings. The summed E-state index contributed by atoms with van der Waals surface area (Å²) in [6.07, 6.45) is 0. The van der Waals surface area contributed by atoms with Crippen molar-refractivity contribution in [1.29, 1.82) is 0 Å². The number of phenols is 1. The third kappa shape index (κ3) is 12.6. The molecule has 0 amide bonds. The Bertz CT molecular complexity index is 1180. The molecule has 2 unspecified atom stereocenters. The molecule has 2 heterocycles. The second kappa shape index (κ2) is 17.2. The van der Waals surface area contributed by atoms with Crippen LogP contribution in [0.3, 0.4) is 0 Å². The van der Waals surface area contributed by atoms with E-state index in [9.17, 15) is 5.11 Å². The lowest BCUT2D eigenvalue weighted by Gasteiger charge is -2.32. The first-order valence-corrected chi connectivity index (χ1v) is 17.2. The second-order valence-corrected chi connectivity index (χ2v) is 15.8. The molecule has 2 aliphatic rings. The molecule has 2 aliphatic heterocycles. The molecule has 2 aromatic rings. The van der Waals surface area contributed by atoms with Crippen molar-refractivity contribution in [2.75, 3.05) is 53.8 Å². The van der Waals surface area contributed by atoms with Crippen LogP contribution < -0.4 is 15.7 Å². The van der Waals surface area contributed by atoms with Gasteiger partial charge in [-0.15, -0.1) is 11.6 Å². The maximum absolute atomic E-state index is 9.22. The summed E-state index contributed by atoms with van der Waals surface area (Å²) < 4.78 is 29.8. The predicted octanol–water partition coefficient (Wildman–Crippen LogP) is 5.68. The van der Waals surface area contributed by atoms with Crippen LogP contribution in [-0.2, 0) is 18.6 Å². The Morgan fingerprint density at radius 2 is 0.979 bits per heavy atom. The lowest BCUT2D eigenvalue weighted by atomic mass is 9.79. The zero-order valence-electron chi connectivity index (χ0n) is 31.5. The van der Waals surface area contributed by atoms with Crippen molar-refractivity contribution in [2.24, 2.45) is 11.8 Å². The molecule has 2 saturated heterocycles. The van der Waals surface area contributed by atoms with Crippen molar-refractivity contribution < 1.29 is 28.5 Å². The maximum atomic E-state index is 9.22. The van der Waals surface area contributed by atoms with Gasteiger partial charge in [-0.3, -0.25) is 0 Å². The number of alkyl halides is 1. The largest absolute Gasteiger partial charge is 0.508 e. The number of nitrogens with zero attached hydrogens (tertiary/aromatic N) is 2. The summed E-state index contributed by atoms with van der Waals surface area (Å²) >= 11 is 5.57. The average Bonchev–Trinajstić information content (AvgIpc) is 3.31. The highest BCUT2D eigenvalue weighted by molar-refractivity contribution is 6.62. The normalized spacial score (nSPS) is 20.3. The fourth-order valence-electron chi connectivity index (χ4n) is 4.90. The number of phenolic OH excluding ortho intramolecular Hbond substituents is 1. The summed E-state index contributed by atoms with van der Waals surface area (Å²) in [6, 6.07) is 14.9. The summed E-state index contributed by atoms with van der Waals surface area (Å²) in [7, 11) is 7.60. The SMILES string of the molecule is CC(CCl)CN(C)C.CC(COc1ccc(B2OC(C)(C)C(C)(C)O2)cc1)CN(C)C.CC1(C)OB(c2ccc(O)cc2)OC1(C)C. The Morgan fingerprint density at radius 1 is 0.638 bits per heavy atom. The fourth-order valence-corrected chi connectivity index (χ4v) is 5.00. The minimum Gasteiger partial charge on any atom is -0.508 e. The van der Waals surface area contributed by atoms with Gasteiger partial charge in [0.1, 0.15) is 11.5 Å². The zero-order valence-corrected chi connectivity index (χ0v) is 32.3. The molecule has 0 saturated carbocycles. The van der Waals surface area contributed by atoms with E-state index in [1.165, 1.54) is 0 Å². The van der Waals surface area contributed by atoms with Crippen LogP contribution >= 0.6 is 11.6 Å². The molecular formula is C36H61B2ClN2O6. The van der Waals surface area contributed by atoms with Gasteiger partial charge < -0.3 is 38.3 Å². The number of benzene rings is 2. The van der Waals surface area contributed by atoms with Gasteiger partial charge in [-0.2, -0.15) is 0 Å². The Kier molecular flexibility index (Phi) is 15.2. The lowest BCUT2D eigenvalue weighted by molar-refractivity contribution is 0.00578. The van der Waals surface area contributed by atoms with Crippen LogP contribution in [0.5, 0.6) is 11.5 Å². The predicted molar refractivity (Wildman–Crippen MR) is 198 cm³/mol. The monoisotopic (exact) mass is 674 g/mol. The van der Waals surface area contributed by atoms with Crippen LogP contribution in [0.4, 0.5) is 0 Å². The molecule has 0 spiro atoms. The van der Waals surface area contributed by atoms with Crippen LogP contribution in [0.25, 0.3) is 0 Å². The van der Waals surface area contributed by atoms with E-state index < -0.39 is 0 Å². The third-order valence-corrected chi connectivity index (χ3v) is 9.50. The zero-order chi connectivity index (χ0) is 35.8. The highest BCUT2D eigenvalue weighted by Gasteiger charge is 2.52. The van der Waals surface area contributed by atoms with E-state index in [1.54, 1.807) is 12.1 Å². The molecule has 11 heteroatoms. The Morgan fingerprint density at radius 3 is 1.30 bits per heavy atom. The summed E-state index contributed by atoms with van der Waals surface area (Å²) in [6.45, 7) is 23.5. The summed E-state index contributed by atoms with van der Waals surface area (Å²) in [4.78, 5) is 4.32. The minimum absolute atomic E-state index is 0.250.